The highest BCUT2D eigenvalue weighted by molar-refractivity contribution is 8.00. The van der Waals surface area contributed by atoms with Crippen LogP contribution in [-0.2, 0) is 0 Å². The molecule has 2 rings (SSSR count). The van der Waals surface area contributed by atoms with Gasteiger partial charge in [0.15, 0.2) is 0 Å². The monoisotopic (exact) mass is 191 g/mol. The average Bonchev–Trinajstić information content (AvgIpc) is 2.67. The number of benzene rings is 1. The van der Waals surface area contributed by atoms with Crippen LogP contribution in [0.25, 0.3) is 0 Å². The molecule has 1 atom stereocenters. The maximum atomic E-state index is 4.66. The molecule has 0 aliphatic carbocycles. The highest BCUT2D eigenvalue weighted by atomic mass is 32.2. The Morgan fingerprint density at radius 3 is 2.77 bits per heavy atom. The second kappa shape index (κ2) is 3.97. The predicted octanol–water partition coefficient (Wildman–Crippen LogP) is 2.96. The fraction of sp³-hybridized carbons (Fsp3) is 0.364. The maximum absolute atomic E-state index is 4.66. The second-order valence-corrected chi connectivity index (χ2v) is 4.28. The lowest BCUT2D eigenvalue weighted by Crippen LogP contribution is -1.98. The molecular formula is C11H13NS. The van der Waals surface area contributed by atoms with Gasteiger partial charge in [0.1, 0.15) is 0 Å². The van der Waals surface area contributed by atoms with Gasteiger partial charge in [-0.1, -0.05) is 37.3 Å². The van der Waals surface area contributed by atoms with Crippen LogP contribution in [0.15, 0.2) is 35.3 Å². The summed E-state index contributed by atoms with van der Waals surface area (Å²) < 4.78 is 0. The van der Waals surface area contributed by atoms with E-state index < -0.39 is 0 Å². The minimum absolute atomic E-state index is 0.496. The van der Waals surface area contributed by atoms with Crippen LogP contribution in [0.3, 0.4) is 0 Å². The summed E-state index contributed by atoms with van der Waals surface area (Å²) in [5.74, 6) is 1.07. The first kappa shape index (κ1) is 8.82. The average molecular weight is 191 g/mol. The lowest BCUT2D eigenvalue weighted by Gasteiger charge is -1.97. The first-order valence-electron chi connectivity index (χ1n) is 4.64. The first-order chi connectivity index (χ1) is 6.40. The third-order valence-electron chi connectivity index (χ3n) is 2.17. The molecule has 1 aliphatic heterocycles. The topological polar surface area (TPSA) is 12.4 Å². The fourth-order valence-electron chi connectivity index (χ4n) is 1.42. The zero-order chi connectivity index (χ0) is 9.10. The van der Waals surface area contributed by atoms with Crippen molar-refractivity contribution in [3.63, 3.8) is 0 Å². The molecule has 13 heavy (non-hydrogen) atoms. The van der Waals surface area contributed by atoms with Gasteiger partial charge in [-0.2, -0.15) is 0 Å². The zero-order valence-corrected chi connectivity index (χ0v) is 8.55. The van der Waals surface area contributed by atoms with E-state index >= 15 is 0 Å². The highest BCUT2D eigenvalue weighted by Gasteiger charge is 2.16. The zero-order valence-electron chi connectivity index (χ0n) is 7.73. The van der Waals surface area contributed by atoms with E-state index in [0.717, 1.165) is 12.2 Å². The molecular weight excluding hydrogens is 178 g/mol. The minimum Gasteiger partial charge on any atom is -0.274 e. The molecule has 1 nitrogen and oxygen atoms in total. The van der Waals surface area contributed by atoms with E-state index in [2.05, 4.69) is 36.2 Å². The molecule has 0 N–H and O–H groups in total. The molecule has 0 bridgehead atoms. The van der Waals surface area contributed by atoms with Gasteiger partial charge >= 0.3 is 0 Å². The van der Waals surface area contributed by atoms with Gasteiger partial charge in [0.05, 0.1) is 11.1 Å². The van der Waals surface area contributed by atoms with Crippen LogP contribution in [0, 0.1) is 0 Å². The van der Waals surface area contributed by atoms with Crippen molar-refractivity contribution in [2.45, 2.75) is 18.7 Å². The number of rotatable bonds is 2. The summed E-state index contributed by atoms with van der Waals surface area (Å²) >= 11 is 1.94. The van der Waals surface area contributed by atoms with E-state index in [9.17, 15) is 0 Å². The van der Waals surface area contributed by atoms with Gasteiger partial charge in [-0.3, -0.25) is 4.99 Å². The molecule has 2 heteroatoms. The SMILES string of the molecule is CC[C@H]1N=C(c2ccccc2)CS1. The molecule has 0 saturated carbocycles. The van der Waals surface area contributed by atoms with Crippen LogP contribution in [0.4, 0.5) is 0 Å². The summed E-state index contributed by atoms with van der Waals surface area (Å²) in [5.41, 5.74) is 2.54. The van der Waals surface area contributed by atoms with E-state index in [4.69, 9.17) is 0 Å². The third-order valence-corrected chi connectivity index (χ3v) is 3.43. The van der Waals surface area contributed by atoms with Crippen molar-refractivity contribution in [1.82, 2.24) is 0 Å². The fourth-order valence-corrected chi connectivity index (χ4v) is 2.45. The standard InChI is InChI=1S/C11H13NS/c1-2-11-12-10(8-13-11)9-6-4-3-5-7-9/h3-7,11H,2,8H2,1H3/t11-/m0/s1. The van der Waals surface area contributed by atoms with E-state index in [1.807, 2.05) is 17.8 Å². The molecule has 0 radical (unpaired) electrons. The van der Waals surface area contributed by atoms with Crippen LogP contribution in [0.1, 0.15) is 18.9 Å². The molecule has 0 saturated heterocycles. The van der Waals surface area contributed by atoms with Crippen molar-refractivity contribution in [3.05, 3.63) is 35.9 Å². The van der Waals surface area contributed by atoms with Crippen molar-refractivity contribution < 1.29 is 0 Å². The number of hydrogen-bond acceptors (Lipinski definition) is 2. The Morgan fingerprint density at radius 2 is 2.15 bits per heavy atom. The Balaban J connectivity index is 2.19. The number of hydrogen-bond donors (Lipinski definition) is 0. The Kier molecular flexibility index (Phi) is 2.69. The van der Waals surface area contributed by atoms with E-state index in [1.54, 1.807) is 0 Å². The van der Waals surface area contributed by atoms with Gasteiger partial charge in [0.25, 0.3) is 0 Å². The predicted molar refractivity (Wildman–Crippen MR) is 59.5 cm³/mol. The lowest BCUT2D eigenvalue weighted by molar-refractivity contribution is 0.881. The second-order valence-electron chi connectivity index (χ2n) is 3.12. The lowest BCUT2D eigenvalue weighted by atomic mass is 10.1. The Morgan fingerprint density at radius 1 is 1.38 bits per heavy atom. The van der Waals surface area contributed by atoms with Gasteiger partial charge in [-0.05, 0) is 12.0 Å². The summed E-state index contributed by atoms with van der Waals surface area (Å²) in [4.78, 5) is 4.66. The van der Waals surface area contributed by atoms with Crippen LogP contribution in [0.5, 0.6) is 0 Å². The normalized spacial score (nSPS) is 21.6. The molecule has 0 aromatic heterocycles. The summed E-state index contributed by atoms with van der Waals surface area (Å²) in [5, 5.41) is 0.496. The molecule has 0 amide bonds. The molecule has 1 heterocycles. The van der Waals surface area contributed by atoms with Crippen LogP contribution in [0.2, 0.25) is 0 Å². The van der Waals surface area contributed by atoms with Crippen LogP contribution >= 0.6 is 11.8 Å². The minimum atomic E-state index is 0.496. The quantitative estimate of drug-likeness (QED) is 0.700. The largest absolute Gasteiger partial charge is 0.274 e. The molecule has 1 aromatic rings. The molecule has 0 fully saturated rings. The number of aliphatic imine (C=N–C) groups is 1. The highest BCUT2D eigenvalue weighted by Crippen LogP contribution is 2.25. The Bertz CT molecular complexity index is 305. The summed E-state index contributed by atoms with van der Waals surface area (Å²) in [6.07, 6.45) is 1.14. The van der Waals surface area contributed by atoms with Gasteiger partial charge < -0.3 is 0 Å². The molecule has 1 aliphatic rings. The van der Waals surface area contributed by atoms with Gasteiger partial charge in [0.2, 0.25) is 0 Å². The number of thioether (sulfide) groups is 1. The number of nitrogens with zero attached hydrogens (tertiary/aromatic N) is 1. The van der Waals surface area contributed by atoms with E-state index in [0.29, 0.717) is 5.37 Å². The van der Waals surface area contributed by atoms with Gasteiger partial charge in [-0.15, -0.1) is 11.8 Å². The molecule has 0 spiro atoms. The van der Waals surface area contributed by atoms with Gasteiger partial charge in [0, 0.05) is 5.75 Å². The van der Waals surface area contributed by atoms with Crippen molar-refractivity contribution >= 4 is 17.5 Å². The Hall–Kier alpha value is -0.760. The molecule has 1 aromatic carbocycles. The van der Waals surface area contributed by atoms with E-state index in [1.165, 1.54) is 11.3 Å². The van der Waals surface area contributed by atoms with Crippen LogP contribution in [-0.4, -0.2) is 16.8 Å². The summed E-state index contributed by atoms with van der Waals surface area (Å²) in [6, 6.07) is 10.5. The smallest absolute Gasteiger partial charge is 0.0956 e. The molecule has 0 unspecified atom stereocenters. The first-order valence-corrected chi connectivity index (χ1v) is 5.68. The molecule has 68 valence electrons. The van der Waals surface area contributed by atoms with E-state index in [-0.39, 0.29) is 0 Å². The Labute approximate surface area is 83.3 Å². The third kappa shape index (κ3) is 1.94. The van der Waals surface area contributed by atoms with Crippen LogP contribution < -0.4 is 0 Å². The maximum Gasteiger partial charge on any atom is 0.0956 e. The van der Waals surface area contributed by atoms with Crippen molar-refractivity contribution in [3.8, 4) is 0 Å². The van der Waals surface area contributed by atoms with Gasteiger partial charge in [-0.25, -0.2) is 0 Å². The van der Waals surface area contributed by atoms with Crippen molar-refractivity contribution in [1.29, 1.82) is 0 Å². The summed E-state index contributed by atoms with van der Waals surface area (Å²) in [6.45, 7) is 2.19. The summed E-state index contributed by atoms with van der Waals surface area (Å²) in [7, 11) is 0. The van der Waals surface area contributed by atoms with Crippen molar-refractivity contribution in [2.75, 3.05) is 5.75 Å². The van der Waals surface area contributed by atoms with Crippen molar-refractivity contribution in [2.24, 2.45) is 4.99 Å².